The molecule has 1 saturated heterocycles. The van der Waals surface area contributed by atoms with Gasteiger partial charge < -0.3 is 5.32 Å². The fraction of sp³-hybridized carbons (Fsp3) is 0.667. The summed E-state index contributed by atoms with van der Waals surface area (Å²) in [5.41, 5.74) is 0.841. The Hall–Kier alpha value is -0.0800. The minimum absolute atomic E-state index is 0.0907. The number of hydrogen-bond donors (Lipinski definition) is 2. The molecule has 19 heavy (non-hydrogen) atoms. The smallest absolute Gasteiger partial charge is 0.242 e. The maximum atomic E-state index is 12.5. The number of aryl methyl sites for hydroxylation is 1. The summed E-state index contributed by atoms with van der Waals surface area (Å²) in [6.45, 7) is 2.45. The summed E-state index contributed by atoms with van der Waals surface area (Å²) in [5, 5.41) is 4.94. The molecular weight excluding hydrogens is 300 g/mol. The molecule has 108 valence electrons. The summed E-state index contributed by atoms with van der Waals surface area (Å²) in [5.74, 6) is 2.08. The minimum atomic E-state index is -3.39. The van der Waals surface area contributed by atoms with Crippen molar-refractivity contribution in [3.63, 3.8) is 0 Å². The number of nitrogens with one attached hydrogen (secondary N) is 2. The quantitative estimate of drug-likeness (QED) is 0.871. The summed E-state index contributed by atoms with van der Waals surface area (Å²) in [7, 11) is -1.56. The van der Waals surface area contributed by atoms with Gasteiger partial charge in [0, 0.05) is 17.5 Å². The van der Waals surface area contributed by atoms with Gasteiger partial charge in [-0.25, -0.2) is 13.1 Å². The van der Waals surface area contributed by atoms with Crippen molar-refractivity contribution in [2.75, 3.05) is 18.6 Å². The number of rotatable bonds is 5. The molecule has 1 aliphatic heterocycles. The maximum Gasteiger partial charge on any atom is 0.242 e. The molecule has 1 aliphatic rings. The predicted molar refractivity (Wildman–Crippen MR) is 82.5 cm³/mol. The largest absolute Gasteiger partial charge is 0.315 e. The van der Waals surface area contributed by atoms with Gasteiger partial charge in [0.1, 0.15) is 4.90 Å². The molecule has 0 saturated carbocycles. The van der Waals surface area contributed by atoms with Gasteiger partial charge in [0.2, 0.25) is 10.0 Å². The molecule has 0 atom stereocenters. The zero-order chi connectivity index (χ0) is 13.9. The molecular formula is C12H20N2O2S3. The van der Waals surface area contributed by atoms with Crippen molar-refractivity contribution < 1.29 is 8.42 Å². The number of hydrogen-bond acceptors (Lipinski definition) is 5. The van der Waals surface area contributed by atoms with Crippen molar-refractivity contribution in [3.05, 3.63) is 15.8 Å². The van der Waals surface area contributed by atoms with Crippen LogP contribution >= 0.6 is 23.1 Å². The summed E-state index contributed by atoms with van der Waals surface area (Å²) in [6, 6.07) is 0.0907. The van der Waals surface area contributed by atoms with E-state index in [2.05, 4.69) is 10.0 Å². The number of sulfonamides is 1. The second kappa shape index (κ2) is 6.58. The van der Waals surface area contributed by atoms with Crippen LogP contribution in [0.5, 0.6) is 0 Å². The van der Waals surface area contributed by atoms with E-state index < -0.39 is 10.0 Å². The molecule has 1 aromatic rings. The highest BCUT2D eigenvalue weighted by atomic mass is 32.2. The summed E-state index contributed by atoms with van der Waals surface area (Å²) in [4.78, 5) is 1.36. The molecule has 0 bridgehead atoms. The maximum absolute atomic E-state index is 12.5. The Labute approximate surface area is 123 Å². The fourth-order valence-corrected chi connectivity index (χ4v) is 6.46. The SMILES string of the molecule is CNCc1scc(C)c1S(=O)(=O)NC1CCSCC1. The molecule has 1 fully saturated rings. The van der Waals surface area contributed by atoms with Crippen molar-refractivity contribution in [2.45, 2.75) is 37.2 Å². The first kappa shape index (κ1) is 15.3. The topological polar surface area (TPSA) is 58.2 Å². The first-order chi connectivity index (χ1) is 9.04. The highest BCUT2D eigenvalue weighted by Crippen LogP contribution is 2.28. The van der Waals surface area contributed by atoms with Gasteiger partial charge in [-0.2, -0.15) is 11.8 Å². The van der Waals surface area contributed by atoms with Gasteiger partial charge in [0.15, 0.2) is 0 Å². The van der Waals surface area contributed by atoms with Crippen LogP contribution in [-0.2, 0) is 16.6 Å². The molecule has 0 spiro atoms. The molecule has 0 amide bonds. The first-order valence-electron chi connectivity index (χ1n) is 6.36. The van der Waals surface area contributed by atoms with Crippen molar-refractivity contribution >= 4 is 33.1 Å². The van der Waals surface area contributed by atoms with Gasteiger partial charge in [-0.1, -0.05) is 0 Å². The van der Waals surface area contributed by atoms with E-state index in [1.54, 1.807) is 0 Å². The standard InChI is InChI=1S/C12H20N2O2S3/c1-9-8-18-11(7-13-2)12(9)19(15,16)14-10-3-5-17-6-4-10/h8,10,13-14H,3-7H2,1-2H3. The molecule has 2 rings (SSSR count). The van der Waals surface area contributed by atoms with Gasteiger partial charge in [-0.3, -0.25) is 0 Å². The van der Waals surface area contributed by atoms with Gasteiger partial charge in [0.25, 0.3) is 0 Å². The highest BCUT2D eigenvalue weighted by Gasteiger charge is 2.26. The lowest BCUT2D eigenvalue weighted by atomic mass is 10.2. The Bertz CT molecular complexity index is 519. The molecule has 0 aliphatic carbocycles. The lowest BCUT2D eigenvalue weighted by Crippen LogP contribution is -2.37. The lowest BCUT2D eigenvalue weighted by Gasteiger charge is -2.22. The molecule has 0 unspecified atom stereocenters. The van der Waals surface area contributed by atoms with E-state index in [1.807, 2.05) is 31.1 Å². The molecule has 7 heteroatoms. The molecule has 1 aromatic heterocycles. The average molecular weight is 321 g/mol. The van der Waals surface area contributed by atoms with Crippen LogP contribution in [0.1, 0.15) is 23.3 Å². The van der Waals surface area contributed by atoms with E-state index in [0.29, 0.717) is 11.4 Å². The Morgan fingerprint density at radius 3 is 2.68 bits per heavy atom. The fourth-order valence-electron chi connectivity index (χ4n) is 2.22. The first-order valence-corrected chi connectivity index (χ1v) is 9.88. The van der Waals surface area contributed by atoms with Gasteiger partial charge in [0.05, 0.1) is 0 Å². The number of thiophene rings is 1. The van der Waals surface area contributed by atoms with Crippen LogP contribution in [0.25, 0.3) is 0 Å². The molecule has 2 heterocycles. The third kappa shape index (κ3) is 3.72. The van der Waals surface area contributed by atoms with Crippen LogP contribution in [0.4, 0.5) is 0 Å². The van der Waals surface area contributed by atoms with E-state index in [1.165, 1.54) is 11.3 Å². The van der Waals surface area contributed by atoms with Crippen LogP contribution in [0.3, 0.4) is 0 Å². The predicted octanol–water partition coefficient (Wildman–Crippen LogP) is 1.95. The van der Waals surface area contributed by atoms with Crippen molar-refractivity contribution in [2.24, 2.45) is 0 Å². The Morgan fingerprint density at radius 1 is 1.37 bits per heavy atom. The molecule has 4 nitrogen and oxygen atoms in total. The molecule has 2 N–H and O–H groups in total. The summed E-state index contributed by atoms with van der Waals surface area (Å²) in [6.07, 6.45) is 1.85. The second-order valence-electron chi connectivity index (χ2n) is 4.71. The molecule has 0 radical (unpaired) electrons. The normalized spacial score (nSPS) is 17.8. The Morgan fingerprint density at radius 2 is 2.05 bits per heavy atom. The third-order valence-corrected chi connectivity index (χ3v) is 7.17. The van der Waals surface area contributed by atoms with Crippen LogP contribution in [-0.4, -0.2) is 33.0 Å². The number of thioether (sulfide) groups is 1. The Kier molecular flexibility index (Phi) is 5.30. The van der Waals surface area contributed by atoms with Crippen molar-refractivity contribution in [1.82, 2.24) is 10.0 Å². The highest BCUT2D eigenvalue weighted by molar-refractivity contribution is 7.99. The van der Waals surface area contributed by atoms with E-state index in [4.69, 9.17) is 0 Å². The second-order valence-corrected chi connectivity index (χ2v) is 8.55. The van der Waals surface area contributed by atoms with Crippen LogP contribution < -0.4 is 10.0 Å². The zero-order valence-electron chi connectivity index (χ0n) is 11.2. The minimum Gasteiger partial charge on any atom is -0.315 e. The van der Waals surface area contributed by atoms with Crippen molar-refractivity contribution in [3.8, 4) is 0 Å². The lowest BCUT2D eigenvalue weighted by molar-refractivity contribution is 0.528. The third-order valence-electron chi connectivity index (χ3n) is 3.14. The van der Waals surface area contributed by atoms with Gasteiger partial charge in [-0.05, 0) is 49.3 Å². The van der Waals surface area contributed by atoms with Crippen molar-refractivity contribution in [1.29, 1.82) is 0 Å². The van der Waals surface area contributed by atoms with E-state index >= 15 is 0 Å². The monoisotopic (exact) mass is 320 g/mol. The summed E-state index contributed by atoms with van der Waals surface area (Å²) < 4.78 is 28.0. The van der Waals surface area contributed by atoms with E-state index in [-0.39, 0.29) is 6.04 Å². The van der Waals surface area contributed by atoms with Gasteiger partial charge >= 0.3 is 0 Å². The summed E-state index contributed by atoms with van der Waals surface area (Å²) >= 11 is 3.40. The average Bonchev–Trinajstić information content (AvgIpc) is 2.72. The van der Waals surface area contributed by atoms with E-state index in [9.17, 15) is 8.42 Å². The van der Waals surface area contributed by atoms with Crippen LogP contribution in [0.2, 0.25) is 0 Å². The Balaban J connectivity index is 2.20. The zero-order valence-corrected chi connectivity index (χ0v) is 13.7. The van der Waals surface area contributed by atoms with Gasteiger partial charge in [-0.15, -0.1) is 11.3 Å². The molecule has 0 aromatic carbocycles. The van der Waals surface area contributed by atoms with Crippen LogP contribution in [0.15, 0.2) is 10.3 Å². The van der Waals surface area contributed by atoms with E-state index in [0.717, 1.165) is 34.8 Å². The van der Waals surface area contributed by atoms with Crippen LogP contribution in [0, 0.1) is 6.92 Å².